The van der Waals surface area contributed by atoms with Gasteiger partial charge in [-0.1, -0.05) is 30.3 Å². The van der Waals surface area contributed by atoms with Crippen LogP contribution in [0.1, 0.15) is 11.4 Å². The lowest BCUT2D eigenvalue weighted by Crippen LogP contribution is -2.11. The number of benzene rings is 2. The van der Waals surface area contributed by atoms with Crippen LogP contribution >= 0.6 is 0 Å². The third-order valence-electron chi connectivity index (χ3n) is 4.34. The Balaban J connectivity index is 1.97. The molecule has 0 atom stereocenters. The largest absolute Gasteiger partial charge is 0.417 e. The standard InChI is InChI=1S/C21H13F5N4/c1-11-27-19(29-16-8-7-13(22)9-15(16)23)18-14(21(24,25)26)10-17(30-20(18)28-11)12-5-3-2-4-6-12/h2-10H,1H3,(H,27,28,29,30). The molecule has 152 valence electrons. The second-order valence-corrected chi connectivity index (χ2v) is 6.49. The Kier molecular flexibility index (Phi) is 4.81. The fourth-order valence-electron chi connectivity index (χ4n) is 3.03. The molecule has 9 heteroatoms. The van der Waals surface area contributed by atoms with Gasteiger partial charge in [-0.2, -0.15) is 13.2 Å². The zero-order chi connectivity index (χ0) is 21.5. The molecule has 0 aliphatic carbocycles. The van der Waals surface area contributed by atoms with E-state index in [4.69, 9.17) is 0 Å². The Bertz CT molecular complexity index is 1240. The summed E-state index contributed by atoms with van der Waals surface area (Å²) in [4.78, 5) is 12.3. The molecule has 4 nitrogen and oxygen atoms in total. The number of halogens is 5. The molecule has 0 aliphatic rings. The molecule has 1 N–H and O–H groups in total. The van der Waals surface area contributed by atoms with Gasteiger partial charge in [-0.25, -0.2) is 23.7 Å². The van der Waals surface area contributed by atoms with Crippen molar-refractivity contribution in [3.05, 3.63) is 77.6 Å². The van der Waals surface area contributed by atoms with Gasteiger partial charge in [-0.05, 0) is 25.1 Å². The monoisotopic (exact) mass is 416 g/mol. The summed E-state index contributed by atoms with van der Waals surface area (Å²) < 4.78 is 69.0. The Morgan fingerprint density at radius 3 is 2.27 bits per heavy atom. The normalized spacial score (nSPS) is 11.7. The second-order valence-electron chi connectivity index (χ2n) is 6.49. The summed E-state index contributed by atoms with van der Waals surface area (Å²) in [5.74, 6) is -1.92. The minimum Gasteiger partial charge on any atom is -0.337 e. The van der Waals surface area contributed by atoms with Crippen molar-refractivity contribution in [1.82, 2.24) is 15.0 Å². The van der Waals surface area contributed by atoms with Crippen molar-refractivity contribution < 1.29 is 22.0 Å². The molecule has 0 radical (unpaired) electrons. The quantitative estimate of drug-likeness (QED) is 0.414. The van der Waals surface area contributed by atoms with Gasteiger partial charge in [0, 0.05) is 11.6 Å². The first-order valence-electron chi connectivity index (χ1n) is 8.76. The van der Waals surface area contributed by atoms with Gasteiger partial charge in [0.25, 0.3) is 0 Å². The summed E-state index contributed by atoms with van der Waals surface area (Å²) in [7, 11) is 0. The highest BCUT2D eigenvalue weighted by Gasteiger charge is 2.35. The summed E-state index contributed by atoms with van der Waals surface area (Å²) in [6, 6.07) is 12.0. The number of fused-ring (bicyclic) bond motifs is 1. The van der Waals surface area contributed by atoms with Crippen molar-refractivity contribution in [3.63, 3.8) is 0 Å². The molecular weight excluding hydrogens is 403 g/mol. The fourth-order valence-corrected chi connectivity index (χ4v) is 3.03. The van der Waals surface area contributed by atoms with Crippen LogP contribution in [-0.4, -0.2) is 15.0 Å². The molecule has 0 spiro atoms. The third-order valence-corrected chi connectivity index (χ3v) is 4.34. The Morgan fingerprint density at radius 1 is 0.867 bits per heavy atom. The number of nitrogens with one attached hydrogen (secondary N) is 1. The number of hydrogen-bond donors (Lipinski definition) is 1. The molecule has 2 aromatic heterocycles. The van der Waals surface area contributed by atoms with E-state index in [0.29, 0.717) is 11.6 Å². The smallest absolute Gasteiger partial charge is 0.337 e. The average Bonchev–Trinajstić information content (AvgIpc) is 2.69. The molecule has 0 fully saturated rings. The van der Waals surface area contributed by atoms with Gasteiger partial charge < -0.3 is 5.32 Å². The number of rotatable bonds is 3. The zero-order valence-corrected chi connectivity index (χ0v) is 15.4. The van der Waals surface area contributed by atoms with Crippen LogP contribution in [0.15, 0.2) is 54.6 Å². The van der Waals surface area contributed by atoms with Crippen molar-refractivity contribution in [2.45, 2.75) is 13.1 Å². The van der Waals surface area contributed by atoms with Gasteiger partial charge >= 0.3 is 6.18 Å². The van der Waals surface area contributed by atoms with Crippen LogP contribution in [-0.2, 0) is 6.18 Å². The molecule has 0 unspecified atom stereocenters. The zero-order valence-electron chi connectivity index (χ0n) is 15.4. The van der Waals surface area contributed by atoms with Gasteiger partial charge in [0.15, 0.2) is 5.65 Å². The van der Waals surface area contributed by atoms with Gasteiger partial charge in [0.05, 0.1) is 22.3 Å². The number of aryl methyl sites for hydroxylation is 1. The number of anilines is 2. The highest BCUT2D eigenvalue weighted by Crippen LogP contribution is 2.39. The molecule has 30 heavy (non-hydrogen) atoms. The molecule has 0 amide bonds. The third kappa shape index (κ3) is 3.78. The van der Waals surface area contributed by atoms with Gasteiger partial charge in [0.1, 0.15) is 23.3 Å². The maximum atomic E-state index is 14.1. The second kappa shape index (κ2) is 7.33. The molecule has 2 heterocycles. The van der Waals surface area contributed by atoms with Crippen LogP contribution < -0.4 is 5.32 Å². The number of hydrogen-bond acceptors (Lipinski definition) is 4. The van der Waals surface area contributed by atoms with Crippen LogP contribution in [0.5, 0.6) is 0 Å². The van der Waals surface area contributed by atoms with E-state index < -0.39 is 28.8 Å². The van der Waals surface area contributed by atoms with Gasteiger partial charge in [-0.15, -0.1) is 0 Å². The predicted octanol–water partition coefficient (Wildman–Crippen LogP) is 6.04. The molecule has 4 aromatic rings. The van der Waals surface area contributed by atoms with E-state index in [9.17, 15) is 22.0 Å². The summed E-state index contributed by atoms with van der Waals surface area (Å²) in [5.41, 5.74) is -0.860. The number of nitrogens with zero attached hydrogens (tertiary/aromatic N) is 3. The first kappa shape index (κ1) is 19.7. The Morgan fingerprint density at radius 2 is 1.60 bits per heavy atom. The van der Waals surface area contributed by atoms with Crippen LogP contribution in [0.3, 0.4) is 0 Å². The number of aromatic nitrogens is 3. The fraction of sp³-hybridized carbons (Fsp3) is 0.0952. The van der Waals surface area contributed by atoms with E-state index >= 15 is 0 Å². The summed E-state index contributed by atoms with van der Waals surface area (Å²) in [5, 5.41) is 2.12. The summed E-state index contributed by atoms with van der Waals surface area (Å²) in [6.45, 7) is 1.48. The van der Waals surface area contributed by atoms with Crippen molar-refractivity contribution >= 4 is 22.5 Å². The lowest BCUT2D eigenvalue weighted by molar-refractivity contribution is -0.136. The molecule has 2 aromatic carbocycles. The van der Waals surface area contributed by atoms with Crippen molar-refractivity contribution in [2.75, 3.05) is 5.32 Å². The SMILES string of the molecule is Cc1nc(Nc2ccc(F)cc2F)c2c(C(F)(F)F)cc(-c3ccccc3)nc2n1. The van der Waals surface area contributed by atoms with E-state index in [1.165, 1.54) is 6.92 Å². The van der Waals surface area contributed by atoms with E-state index in [1.807, 2.05) is 0 Å². The van der Waals surface area contributed by atoms with E-state index in [0.717, 1.165) is 18.2 Å². The number of alkyl halides is 3. The molecule has 0 aliphatic heterocycles. The van der Waals surface area contributed by atoms with Crippen LogP contribution in [0.25, 0.3) is 22.3 Å². The van der Waals surface area contributed by atoms with Crippen molar-refractivity contribution in [3.8, 4) is 11.3 Å². The van der Waals surface area contributed by atoms with Crippen LogP contribution in [0.4, 0.5) is 33.5 Å². The summed E-state index contributed by atoms with van der Waals surface area (Å²) >= 11 is 0. The highest BCUT2D eigenvalue weighted by atomic mass is 19.4. The molecule has 0 saturated carbocycles. The maximum absolute atomic E-state index is 14.1. The van der Waals surface area contributed by atoms with Gasteiger partial charge in [0.2, 0.25) is 0 Å². The highest BCUT2D eigenvalue weighted by molar-refractivity contribution is 5.93. The molecule has 4 rings (SSSR count). The first-order chi connectivity index (χ1) is 14.2. The van der Waals surface area contributed by atoms with E-state index in [2.05, 4.69) is 20.3 Å². The predicted molar refractivity (Wildman–Crippen MR) is 102 cm³/mol. The van der Waals surface area contributed by atoms with Crippen molar-refractivity contribution in [1.29, 1.82) is 0 Å². The minimum atomic E-state index is -4.75. The minimum absolute atomic E-state index is 0.0902. The molecule has 0 bridgehead atoms. The lowest BCUT2D eigenvalue weighted by Gasteiger charge is -2.16. The maximum Gasteiger partial charge on any atom is 0.417 e. The average molecular weight is 416 g/mol. The Labute approximate surface area is 167 Å². The lowest BCUT2D eigenvalue weighted by atomic mass is 10.1. The van der Waals surface area contributed by atoms with Crippen LogP contribution in [0.2, 0.25) is 0 Å². The topological polar surface area (TPSA) is 50.7 Å². The number of pyridine rings is 1. The van der Waals surface area contributed by atoms with E-state index in [1.54, 1.807) is 30.3 Å². The molecule has 0 saturated heterocycles. The first-order valence-corrected chi connectivity index (χ1v) is 8.76. The summed E-state index contributed by atoms with van der Waals surface area (Å²) in [6.07, 6.45) is -4.75. The van der Waals surface area contributed by atoms with E-state index in [-0.39, 0.29) is 28.7 Å². The molecular formula is C21H13F5N4. The van der Waals surface area contributed by atoms with Gasteiger partial charge in [-0.3, -0.25) is 0 Å². The van der Waals surface area contributed by atoms with Crippen molar-refractivity contribution in [2.24, 2.45) is 0 Å². The Hall–Kier alpha value is -3.62. The van der Waals surface area contributed by atoms with Crippen LogP contribution in [0, 0.1) is 18.6 Å².